The molecule has 1 aromatic heterocycles. The number of nitrogens with zero attached hydrogens (tertiary/aromatic N) is 2. The summed E-state index contributed by atoms with van der Waals surface area (Å²) in [5.74, 6) is 0.850. The lowest BCUT2D eigenvalue weighted by Gasteiger charge is -2.11. The van der Waals surface area contributed by atoms with E-state index in [1.807, 2.05) is 6.07 Å². The summed E-state index contributed by atoms with van der Waals surface area (Å²) >= 11 is 0. The summed E-state index contributed by atoms with van der Waals surface area (Å²) in [6.45, 7) is 1.93. The number of phenols is 1. The molecule has 5 nitrogen and oxygen atoms in total. The SMILES string of the molecule is Nc1nc(C2CCNC2)c2ccc(O)cc2n1. The number of rotatable bonds is 1. The summed E-state index contributed by atoms with van der Waals surface area (Å²) in [5.41, 5.74) is 7.41. The molecule has 17 heavy (non-hydrogen) atoms. The third-order valence-electron chi connectivity index (χ3n) is 3.17. The van der Waals surface area contributed by atoms with Crippen LogP contribution in [-0.4, -0.2) is 28.2 Å². The molecule has 3 rings (SSSR count). The second-order valence-electron chi connectivity index (χ2n) is 4.36. The number of benzene rings is 1. The molecule has 0 aliphatic carbocycles. The average Bonchev–Trinajstić information content (AvgIpc) is 2.80. The minimum absolute atomic E-state index is 0.200. The Hall–Kier alpha value is -1.88. The molecule has 2 heterocycles. The monoisotopic (exact) mass is 230 g/mol. The van der Waals surface area contributed by atoms with Crippen molar-refractivity contribution in [1.29, 1.82) is 0 Å². The van der Waals surface area contributed by atoms with Crippen LogP contribution in [0.4, 0.5) is 5.95 Å². The summed E-state index contributed by atoms with van der Waals surface area (Å²) in [7, 11) is 0. The summed E-state index contributed by atoms with van der Waals surface area (Å²) in [5, 5.41) is 13.8. The van der Waals surface area contributed by atoms with Crippen molar-refractivity contribution in [3.63, 3.8) is 0 Å². The lowest BCUT2D eigenvalue weighted by atomic mass is 10.00. The smallest absolute Gasteiger partial charge is 0.220 e. The number of nitrogen functional groups attached to an aromatic ring is 1. The van der Waals surface area contributed by atoms with Gasteiger partial charge in [-0.3, -0.25) is 0 Å². The molecule has 0 saturated carbocycles. The van der Waals surface area contributed by atoms with Crippen molar-refractivity contribution in [2.75, 3.05) is 18.8 Å². The Balaban J connectivity index is 2.21. The summed E-state index contributed by atoms with van der Waals surface area (Å²) in [6, 6.07) is 5.14. The average molecular weight is 230 g/mol. The van der Waals surface area contributed by atoms with Gasteiger partial charge in [-0.05, 0) is 25.1 Å². The van der Waals surface area contributed by atoms with Crippen LogP contribution in [0.15, 0.2) is 18.2 Å². The molecule has 1 unspecified atom stereocenters. The predicted octanol–water partition coefficient (Wildman–Crippen LogP) is 0.994. The van der Waals surface area contributed by atoms with Crippen LogP contribution in [0.5, 0.6) is 5.75 Å². The highest BCUT2D eigenvalue weighted by atomic mass is 16.3. The van der Waals surface area contributed by atoms with Gasteiger partial charge in [0.1, 0.15) is 5.75 Å². The van der Waals surface area contributed by atoms with E-state index < -0.39 is 0 Å². The molecule has 5 heteroatoms. The van der Waals surface area contributed by atoms with Gasteiger partial charge in [-0.25, -0.2) is 9.97 Å². The van der Waals surface area contributed by atoms with Crippen molar-refractivity contribution < 1.29 is 5.11 Å². The number of aromatic hydroxyl groups is 1. The number of nitrogens with two attached hydrogens (primary N) is 1. The second-order valence-corrected chi connectivity index (χ2v) is 4.36. The van der Waals surface area contributed by atoms with Crippen molar-refractivity contribution in [3.05, 3.63) is 23.9 Å². The Morgan fingerprint density at radius 2 is 2.24 bits per heavy atom. The number of nitrogens with one attached hydrogen (secondary N) is 1. The molecular formula is C12H14N4O. The largest absolute Gasteiger partial charge is 0.508 e. The van der Waals surface area contributed by atoms with Crippen LogP contribution in [0.25, 0.3) is 10.9 Å². The van der Waals surface area contributed by atoms with Crippen molar-refractivity contribution in [2.45, 2.75) is 12.3 Å². The van der Waals surface area contributed by atoms with E-state index >= 15 is 0 Å². The minimum atomic E-state index is 0.200. The normalized spacial score (nSPS) is 19.9. The highest BCUT2D eigenvalue weighted by molar-refractivity contribution is 5.83. The van der Waals surface area contributed by atoms with E-state index in [0.717, 1.165) is 30.6 Å². The standard InChI is InChI=1S/C12H14N4O/c13-12-15-10-5-8(17)1-2-9(10)11(16-12)7-3-4-14-6-7/h1-2,5,7,14,17H,3-4,6H2,(H2,13,15,16). The van der Waals surface area contributed by atoms with Gasteiger partial charge in [0.15, 0.2) is 0 Å². The first-order valence-electron chi connectivity index (χ1n) is 5.71. The molecule has 1 aliphatic heterocycles. The maximum Gasteiger partial charge on any atom is 0.220 e. The number of hydrogen-bond acceptors (Lipinski definition) is 5. The highest BCUT2D eigenvalue weighted by Gasteiger charge is 2.21. The lowest BCUT2D eigenvalue weighted by molar-refractivity contribution is 0.476. The van der Waals surface area contributed by atoms with Crippen molar-refractivity contribution in [3.8, 4) is 5.75 Å². The molecule has 0 amide bonds. The van der Waals surface area contributed by atoms with Crippen molar-refractivity contribution in [1.82, 2.24) is 15.3 Å². The van der Waals surface area contributed by atoms with Crippen LogP contribution < -0.4 is 11.1 Å². The zero-order valence-electron chi connectivity index (χ0n) is 9.35. The van der Waals surface area contributed by atoms with E-state index in [2.05, 4.69) is 15.3 Å². The van der Waals surface area contributed by atoms with Gasteiger partial charge >= 0.3 is 0 Å². The van der Waals surface area contributed by atoms with E-state index in [-0.39, 0.29) is 11.7 Å². The van der Waals surface area contributed by atoms with Gasteiger partial charge in [0.05, 0.1) is 11.2 Å². The van der Waals surface area contributed by atoms with Crippen molar-refractivity contribution >= 4 is 16.9 Å². The molecule has 1 atom stereocenters. The van der Waals surface area contributed by atoms with E-state index in [0.29, 0.717) is 11.4 Å². The Morgan fingerprint density at radius 1 is 1.35 bits per heavy atom. The van der Waals surface area contributed by atoms with Crippen LogP contribution in [0.3, 0.4) is 0 Å². The van der Waals surface area contributed by atoms with Crippen LogP contribution in [-0.2, 0) is 0 Å². The molecule has 0 bridgehead atoms. The summed E-state index contributed by atoms with van der Waals surface area (Å²) in [4.78, 5) is 8.51. The van der Waals surface area contributed by atoms with Gasteiger partial charge < -0.3 is 16.2 Å². The molecule has 88 valence electrons. The first-order chi connectivity index (χ1) is 8.24. The highest BCUT2D eigenvalue weighted by Crippen LogP contribution is 2.29. The topological polar surface area (TPSA) is 84.1 Å². The van der Waals surface area contributed by atoms with Crippen LogP contribution >= 0.6 is 0 Å². The molecule has 1 saturated heterocycles. The fraction of sp³-hybridized carbons (Fsp3) is 0.333. The molecule has 1 fully saturated rings. The number of phenolic OH excluding ortho intramolecular Hbond substituents is 1. The number of anilines is 1. The second kappa shape index (κ2) is 3.85. The first kappa shape index (κ1) is 10.3. The van der Waals surface area contributed by atoms with E-state index in [9.17, 15) is 5.11 Å². The van der Waals surface area contributed by atoms with E-state index in [1.54, 1.807) is 12.1 Å². The molecule has 1 aromatic carbocycles. The lowest BCUT2D eigenvalue weighted by Crippen LogP contribution is -2.10. The maximum absolute atomic E-state index is 9.46. The predicted molar refractivity (Wildman–Crippen MR) is 65.8 cm³/mol. The van der Waals surface area contributed by atoms with Crippen LogP contribution in [0.2, 0.25) is 0 Å². The Bertz CT molecular complexity index is 558. The van der Waals surface area contributed by atoms with E-state index in [1.165, 1.54) is 0 Å². The fourth-order valence-corrected chi connectivity index (χ4v) is 2.36. The third kappa shape index (κ3) is 1.78. The minimum Gasteiger partial charge on any atom is -0.508 e. The Morgan fingerprint density at radius 3 is 3.00 bits per heavy atom. The molecule has 0 radical (unpaired) electrons. The summed E-state index contributed by atoms with van der Waals surface area (Å²) in [6.07, 6.45) is 1.06. The zero-order valence-corrected chi connectivity index (χ0v) is 9.35. The number of fused-ring (bicyclic) bond motifs is 1. The maximum atomic E-state index is 9.46. The van der Waals surface area contributed by atoms with Gasteiger partial charge in [-0.1, -0.05) is 0 Å². The number of hydrogen-bond donors (Lipinski definition) is 3. The number of aromatic nitrogens is 2. The Kier molecular flexibility index (Phi) is 2.33. The van der Waals surface area contributed by atoms with Crippen molar-refractivity contribution in [2.24, 2.45) is 0 Å². The van der Waals surface area contributed by atoms with Crippen LogP contribution in [0, 0.1) is 0 Å². The van der Waals surface area contributed by atoms with Gasteiger partial charge in [-0.15, -0.1) is 0 Å². The quantitative estimate of drug-likeness (QED) is 0.680. The zero-order chi connectivity index (χ0) is 11.8. The molecular weight excluding hydrogens is 216 g/mol. The first-order valence-corrected chi connectivity index (χ1v) is 5.71. The Labute approximate surface area is 98.7 Å². The molecule has 1 aliphatic rings. The molecule has 4 N–H and O–H groups in total. The third-order valence-corrected chi connectivity index (χ3v) is 3.17. The van der Waals surface area contributed by atoms with Crippen LogP contribution in [0.1, 0.15) is 18.0 Å². The van der Waals surface area contributed by atoms with Gasteiger partial charge in [0.2, 0.25) is 5.95 Å². The fourth-order valence-electron chi connectivity index (χ4n) is 2.36. The summed E-state index contributed by atoms with van der Waals surface area (Å²) < 4.78 is 0. The van der Waals surface area contributed by atoms with Gasteiger partial charge in [0, 0.05) is 23.9 Å². The van der Waals surface area contributed by atoms with E-state index in [4.69, 9.17) is 5.73 Å². The molecule has 2 aromatic rings. The van der Waals surface area contributed by atoms with Gasteiger partial charge in [-0.2, -0.15) is 0 Å². The van der Waals surface area contributed by atoms with Gasteiger partial charge in [0.25, 0.3) is 0 Å². The molecule has 0 spiro atoms.